The topological polar surface area (TPSA) is 40.5 Å². The number of likely N-dealkylation sites (tertiary alicyclic amines) is 1. The van der Waals surface area contributed by atoms with Crippen molar-refractivity contribution < 1.29 is 14.3 Å². The average molecular weight is 300 g/mol. The van der Waals surface area contributed by atoms with Crippen molar-refractivity contribution in [3.63, 3.8) is 0 Å². The molecule has 0 spiro atoms. The Kier molecular flexibility index (Phi) is 5.13. The van der Waals surface area contributed by atoms with Gasteiger partial charge >= 0.3 is 0 Å². The van der Waals surface area contributed by atoms with Gasteiger partial charge in [0, 0.05) is 19.6 Å². The number of ketones is 1. The van der Waals surface area contributed by atoms with E-state index >= 15 is 0 Å². The molecule has 0 bridgehead atoms. The molecule has 0 amide bonds. The van der Waals surface area contributed by atoms with Crippen LogP contribution in [0.4, 0.5) is 4.39 Å². The normalized spacial score (nSPS) is 19.0. The third-order valence-corrected chi connectivity index (χ3v) is 4.14. The predicted octanol–water partition coefficient (Wildman–Crippen LogP) is 2.61. The predicted molar refractivity (Wildman–Crippen MR) is 76.5 cm³/mol. The van der Waals surface area contributed by atoms with Crippen molar-refractivity contribution in [2.45, 2.75) is 31.8 Å². The zero-order valence-corrected chi connectivity index (χ0v) is 12.2. The summed E-state index contributed by atoms with van der Waals surface area (Å²) in [5.41, 5.74) is 0.658. The van der Waals surface area contributed by atoms with Crippen LogP contribution in [0.1, 0.15) is 31.2 Å². The Morgan fingerprint density at radius 3 is 2.70 bits per heavy atom. The molecule has 1 atom stereocenters. The Hall–Kier alpha value is -0.970. The highest BCUT2D eigenvalue weighted by Gasteiger charge is 2.24. The lowest BCUT2D eigenvalue weighted by atomic mass is 9.93. The van der Waals surface area contributed by atoms with E-state index in [2.05, 4.69) is 4.90 Å². The summed E-state index contributed by atoms with van der Waals surface area (Å²) in [5.74, 6) is -0.834. The molecule has 3 nitrogen and oxygen atoms in total. The van der Waals surface area contributed by atoms with Gasteiger partial charge in [0.1, 0.15) is 11.6 Å². The summed E-state index contributed by atoms with van der Waals surface area (Å²) in [4.78, 5) is 14.0. The van der Waals surface area contributed by atoms with E-state index in [9.17, 15) is 14.3 Å². The third kappa shape index (κ3) is 3.78. The smallest absolute Gasteiger partial charge is 0.142 e. The summed E-state index contributed by atoms with van der Waals surface area (Å²) in [6.45, 7) is 3.61. The molecule has 5 heteroatoms. The molecule has 1 unspecified atom stereocenters. The minimum Gasteiger partial charge on any atom is -0.393 e. The summed E-state index contributed by atoms with van der Waals surface area (Å²) in [5, 5.41) is 9.56. The molecular weight excluding hydrogens is 281 g/mol. The molecule has 1 fully saturated rings. The van der Waals surface area contributed by atoms with Gasteiger partial charge in [-0.25, -0.2) is 4.39 Å². The summed E-state index contributed by atoms with van der Waals surface area (Å²) in [6, 6.07) is 4.53. The Morgan fingerprint density at radius 1 is 1.50 bits per heavy atom. The number of piperidine rings is 1. The lowest BCUT2D eigenvalue weighted by Gasteiger charge is -2.32. The first-order chi connectivity index (χ1) is 9.47. The standard InChI is InChI=1S/C15H19ClFNO2/c1-10(19)13(9-18-6-4-12(20)5-7-18)11-2-3-14(16)15(17)8-11/h2-3,8,12-13,20H,4-7,9H2,1H3. The number of aliphatic hydroxyl groups is 1. The quantitative estimate of drug-likeness (QED) is 0.929. The second-order valence-electron chi connectivity index (χ2n) is 5.37. The number of nitrogens with zero attached hydrogens (tertiary/aromatic N) is 1. The fourth-order valence-corrected chi connectivity index (χ4v) is 2.68. The second-order valence-corrected chi connectivity index (χ2v) is 5.78. The number of carbonyl (C=O) groups excluding carboxylic acids is 1. The number of carbonyl (C=O) groups is 1. The van der Waals surface area contributed by atoms with Crippen molar-refractivity contribution in [2.24, 2.45) is 0 Å². The van der Waals surface area contributed by atoms with Gasteiger partial charge in [0.2, 0.25) is 0 Å². The summed E-state index contributed by atoms with van der Waals surface area (Å²) < 4.78 is 13.5. The highest BCUT2D eigenvalue weighted by Crippen LogP contribution is 2.24. The maximum Gasteiger partial charge on any atom is 0.142 e. The number of rotatable bonds is 4. The third-order valence-electron chi connectivity index (χ3n) is 3.83. The van der Waals surface area contributed by atoms with Gasteiger partial charge in [0.15, 0.2) is 0 Å². The Morgan fingerprint density at radius 2 is 2.15 bits per heavy atom. The molecule has 0 saturated carbocycles. The van der Waals surface area contributed by atoms with Crippen LogP contribution in [0, 0.1) is 5.82 Å². The molecule has 2 rings (SSSR count). The molecule has 1 aliphatic heterocycles. The molecule has 1 heterocycles. The SMILES string of the molecule is CC(=O)C(CN1CCC(O)CC1)c1ccc(Cl)c(F)c1. The summed E-state index contributed by atoms with van der Waals surface area (Å²) >= 11 is 5.67. The number of hydrogen-bond donors (Lipinski definition) is 1. The molecular formula is C15H19ClFNO2. The number of hydrogen-bond acceptors (Lipinski definition) is 3. The summed E-state index contributed by atoms with van der Waals surface area (Å²) in [6.07, 6.45) is 1.20. The highest BCUT2D eigenvalue weighted by atomic mass is 35.5. The van der Waals surface area contributed by atoms with Crippen LogP contribution < -0.4 is 0 Å². The van der Waals surface area contributed by atoms with Crippen LogP contribution in [0.25, 0.3) is 0 Å². The van der Waals surface area contributed by atoms with E-state index in [1.807, 2.05) is 0 Å². The lowest BCUT2D eigenvalue weighted by Crippen LogP contribution is -2.39. The molecule has 20 heavy (non-hydrogen) atoms. The molecule has 1 aromatic rings. The van der Waals surface area contributed by atoms with E-state index < -0.39 is 5.82 Å². The summed E-state index contributed by atoms with van der Waals surface area (Å²) in [7, 11) is 0. The number of aliphatic hydroxyl groups excluding tert-OH is 1. The molecule has 0 aliphatic carbocycles. The Labute approximate surface area is 123 Å². The van der Waals surface area contributed by atoms with Crippen LogP contribution in [0.3, 0.4) is 0 Å². The van der Waals surface area contributed by atoms with Crippen LogP contribution in [-0.4, -0.2) is 41.5 Å². The van der Waals surface area contributed by atoms with Crippen molar-refractivity contribution in [3.8, 4) is 0 Å². The molecule has 0 aromatic heterocycles. The minimum absolute atomic E-state index is 0.0119. The van der Waals surface area contributed by atoms with E-state index in [0.717, 1.165) is 25.9 Å². The largest absolute Gasteiger partial charge is 0.393 e. The van der Waals surface area contributed by atoms with Crippen molar-refractivity contribution in [3.05, 3.63) is 34.6 Å². The fourth-order valence-electron chi connectivity index (χ4n) is 2.56. The van der Waals surface area contributed by atoms with Gasteiger partial charge in [0.25, 0.3) is 0 Å². The van der Waals surface area contributed by atoms with Crippen molar-refractivity contribution in [1.82, 2.24) is 4.90 Å². The van der Waals surface area contributed by atoms with Gasteiger partial charge in [-0.15, -0.1) is 0 Å². The molecule has 0 radical (unpaired) electrons. The van der Waals surface area contributed by atoms with Gasteiger partial charge in [0.05, 0.1) is 17.0 Å². The van der Waals surface area contributed by atoms with Gasteiger partial charge in [-0.1, -0.05) is 17.7 Å². The van der Waals surface area contributed by atoms with Gasteiger partial charge in [-0.2, -0.15) is 0 Å². The van der Waals surface area contributed by atoms with E-state index in [4.69, 9.17) is 11.6 Å². The number of Topliss-reactive ketones (excluding diaryl/α,β-unsaturated/α-hetero) is 1. The molecule has 1 aromatic carbocycles. The van der Waals surface area contributed by atoms with E-state index in [1.54, 1.807) is 6.07 Å². The zero-order chi connectivity index (χ0) is 14.7. The lowest BCUT2D eigenvalue weighted by molar-refractivity contribution is -0.119. The monoisotopic (exact) mass is 299 g/mol. The zero-order valence-electron chi connectivity index (χ0n) is 11.5. The van der Waals surface area contributed by atoms with E-state index in [1.165, 1.54) is 19.1 Å². The van der Waals surface area contributed by atoms with Crippen molar-refractivity contribution >= 4 is 17.4 Å². The molecule has 1 saturated heterocycles. The van der Waals surface area contributed by atoms with Gasteiger partial charge in [-0.05, 0) is 37.5 Å². The maximum absolute atomic E-state index is 13.5. The van der Waals surface area contributed by atoms with E-state index in [-0.39, 0.29) is 22.8 Å². The molecule has 110 valence electrons. The first kappa shape index (κ1) is 15.4. The molecule has 1 N–H and O–H groups in total. The highest BCUT2D eigenvalue weighted by molar-refractivity contribution is 6.30. The fraction of sp³-hybridized carbons (Fsp3) is 0.533. The van der Waals surface area contributed by atoms with Crippen LogP contribution >= 0.6 is 11.6 Å². The molecule has 1 aliphatic rings. The van der Waals surface area contributed by atoms with Crippen LogP contribution in [0.5, 0.6) is 0 Å². The first-order valence-corrected chi connectivity index (χ1v) is 7.21. The number of halogens is 2. The average Bonchev–Trinajstić information content (AvgIpc) is 2.41. The maximum atomic E-state index is 13.5. The second kappa shape index (κ2) is 6.66. The van der Waals surface area contributed by atoms with Crippen molar-refractivity contribution in [1.29, 1.82) is 0 Å². The van der Waals surface area contributed by atoms with Crippen molar-refractivity contribution in [2.75, 3.05) is 19.6 Å². The van der Waals surface area contributed by atoms with Gasteiger partial charge in [-0.3, -0.25) is 4.79 Å². The van der Waals surface area contributed by atoms with Crippen LogP contribution in [0.2, 0.25) is 5.02 Å². The van der Waals surface area contributed by atoms with E-state index in [0.29, 0.717) is 12.1 Å². The minimum atomic E-state index is -0.496. The van der Waals surface area contributed by atoms with Crippen LogP contribution in [-0.2, 0) is 4.79 Å². The van der Waals surface area contributed by atoms with Gasteiger partial charge < -0.3 is 10.0 Å². The Bertz CT molecular complexity index is 487. The Balaban J connectivity index is 2.10. The first-order valence-electron chi connectivity index (χ1n) is 6.83. The van der Waals surface area contributed by atoms with Crippen LogP contribution in [0.15, 0.2) is 18.2 Å². The number of benzene rings is 1.